The maximum atomic E-state index is 14.3. The molecule has 0 atom stereocenters. The maximum absolute atomic E-state index is 14.3. The Morgan fingerprint density at radius 3 is 1.08 bits per heavy atom. The van der Waals surface area contributed by atoms with Gasteiger partial charge in [0.2, 0.25) is 47.4 Å². The molecule has 1 aliphatic rings. The molecule has 0 radical (unpaired) electrons. The van der Waals surface area contributed by atoms with Crippen LogP contribution >= 0.6 is 0 Å². The summed E-state index contributed by atoms with van der Waals surface area (Å²) in [6, 6.07) is 46.1. The lowest BCUT2D eigenvalue weighted by atomic mass is 10.2. The number of nitriles is 1. The van der Waals surface area contributed by atoms with Crippen LogP contribution in [0.1, 0.15) is 11.1 Å². The Kier molecular flexibility index (Phi) is 35.1. The number of fused-ring (bicyclic) bond motifs is 1. The third-order valence-corrected chi connectivity index (χ3v) is 16.8. The zero-order valence-corrected chi connectivity index (χ0v) is 69.2. The molecule has 0 spiro atoms. The number of benzene rings is 8. The van der Waals surface area contributed by atoms with Gasteiger partial charge in [0.05, 0.1) is 38.4 Å². The van der Waals surface area contributed by atoms with Crippen molar-refractivity contribution < 1.29 is 92.2 Å². The minimum absolute atomic E-state index is 0.00767. The Labute approximate surface area is 737 Å². The van der Waals surface area contributed by atoms with Crippen molar-refractivity contribution in [1.29, 1.82) is 5.26 Å². The van der Waals surface area contributed by atoms with Gasteiger partial charge in [0, 0.05) is 120 Å². The van der Waals surface area contributed by atoms with Gasteiger partial charge in [0.1, 0.15) is 56.0 Å². The van der Waals surface area contributed by atoms with Crippen LogP contribution in [0.3, 0.4) is 0 Å². The molecule has 5 heterocycles. The number of hydrogen-bond donors (Lipinski definition) is 12. The first-order valence-electron chi connectivity index (χ1n) is 38.5. The molecule has 4 aromatic heterocycles. The standard InChI is InChI=1S/C23H21F4N5O3.C23H21FN6O3.C22H21F2N5O3.C21H18FN5O3/c1-3-20(33)29-14-5-4-6-15(11-14)30-21-17(23(25,26)27)13-28-22(32-21)31-16-7-8-19(18(24)12-16)35-10-9-34-2;1-3-21(31)27-16-5-4-6-17(11-16)28-22-15(13-25)14-26-23(30-22)29-18-7-8-20(19(24)12-18)33-10-9-32-2;1-3-20(30)26-14-4-6-15(7-5-14)27-21-18(24)13-25-22(29-21)28-16-8-9-19(17(23)12-16)32-11-10-31-2;1-2-19(28)24-13-4-3-5-14(10-13)25-20-16(22)12-23-21(27-20)26-15-6-7-17-18(11-15)30-9-8-29-17/h3-8,11-13H,1,9-10H2,2H3,(H,29,33)(H2,28,30,31,32);3-8,11-12,14H,1,9-10H2,2H3,(H,27,31)(H2,26,28,29,30);3-9,12-13H,1,10-11H2,2H3,(H,26,30)(H2,25,27,28,29);2-7,10-12H,1,8-9H2,(H,24,28)(H2,23,25,26,27). The van der Waals surface area contributed by atoms with E-state index >= 15 is 0 Å². The van der Waals surface area contributed by atoms with Gasteiger partial charge in [-0.3, -0.25) is 19.2 Å². The fourth-order valence-corrected chi connectivity index (χ4v) is 10.8. The van der Waals surface area contributed by atoms with Gasteiger partial charge in [-0.15, -0.1) is 0 Å². The molecule has 12 N–H and O–H groups in total. The van der Waals surface area contributed by atoms with Gasteiger partial charge in [-0.2, -0.15) is 38.4 Å². The van der Waals surface area contributed by atoms with Gasteiger partial charge in [0.15, 0.2) is 75.3 Å². The zero-order valence-electron chi connectivity index (χ0n) is 69.2. The topological polar surface area (TPSA) is 413 Å². The molecule has 8 aromatic carbocycles. The molecule has 12 aromatic rings. The van der Waals surface area contributed by atoms with Gasteiger partial charge in [-0.25, -0.2) is 41.9 Å². The lowest BCUT2D eigenvalue weighted by Crippen LogP contribution is -2.15. The number of hydrogen-bond acceptors (Lipinski definition) is 29. The van der Waals surface area contributed by atoms with E-state index < -0.39 is 52.6 Å². The number of alkyl halides is 3. The Bertz CT molecular complexity index is 6040. The lowest BCUT2D eigenvalue weighted by molar-refractivity contribution is -0.137. The average Bonchev–Trinajstić information content (AvgIpc) is 0.804. The van der Waals surface area contributed by atoms with Crippen LogP contribution in [0.2, 0.25) is 0 Å². The van der Waals surface area contributed by atoms with Crippen molar-refractivity contribution in [3.8, 4) is 34.8 Å². The van der Waals surface area contributed by atoms with Crippen molar-refractivity contribution in [3.63, 3.8) is 0 Å². The second-order valence-corrected chi connectivity index (χ2v) is 26.2. The summed E-state index contributed by atoms with van der Waals surface area (Å²) >= 11 is 0. The highest BCUT2D eigenvalue weighted by Crippen LogP contribution is 2.38. The zero-order chi connectivity index (χ0) is 92.9. The number of nitrogens with one attached hydrogen (secondary N) is 12. The number of carbonyl (C=O) groups is 4. The van der Waals surface area contributed by atoms with Crippen molar-refractivity contribution in [3.05, 3.63) is 285 Å². The van der Waals surface area contributed by atoms with Crippen LogP contribution < -0.4 is 87.5 Å². The average molecular weight is 1790 g/mol. The van der Waals surface area contributed by atoms with E-state index in [2.05, 4.69) is 130 Å². The van der Waals surface area contributed by atoms with Crippen molar-refractivity contribution >= 4 is 139 Å². The molecule has 1 aliphatic heterocycles. The van der Waals surface area contributed by atoms with E-state index in [0.717, 1.165) is 36.7 Å². The van der Waals surface area contributed by atoms with Gasteiger partial charge < -0.3 is 102 Å². The number of aromatic nitrogens is 8. The summed E-state index contributed by atoms with van der Waals surface area (Å²) in [7, 11) is 4.54. The Balaban J connectivity index is 0.000000180. The van der Waals surface area contributed by atoms with Crippen LogP contribution in [-0.4, -0.2) is 138 Å². The van der Waals surface area contributed by atoms with E-state index in [1.807, 2.05) is 6.07 Å². The fraction of sp³-hybridized carbons (Fsp3) is 0.135. The highest BCUT2D eigenvalue weighted by molar-refractivity contribution is 6.01. The van der Waals surface area contributed by atoms with Gasteiger partial charge in [-0.1, -0.05) is 44.5 Å². The van der Waals surface area contributed by atoms with Crippen molar-refractivity contribution in [2.24, 2.45) is 0 Å². The van der Waals surface area contributed by atoms with Crippen molar-refractivity contribution in [1.82, 2.24) is 39.9 Å². The number of carbonyl (C=O) groups excluding carboxylic acids is 4. The van der Waals surface area contributed by atoms with Crippen LogP contribution in [0, 0.1) is 40.4 Å². The summed E-state index contributed by atoms with van der Waals surface area (Å²) < 4.78 is 153. The molecule has 33 nitrogen and oxygen atoms in total. The van der Waals surface area contributed by atoms with Crippen molar-refractivity contribution in [2.45, 2.75) is 6.18 Å². The molecule has 0 fully saturated rings. The summed E-state index contributed by atoms with van der Waals surface area (Å²) in [5.74, 6) is -3.34. The summed E-state index contributed by atoms with van der Waals surface area (Å²) in [6.07, 6.45) is 3.82. The van der Waals surface area contributed by atoms with E-state index in [1.165, 1.54) is 88.2 Å². The van der Waals surface area contributed by atoms with Crippen LogP contribution in [0.4, 0.5) is 150 Å². The lowest BCUT2D eigenvalue weighted by Gasteiger charge is -2.19. The first-order chi connectivity index (χ1) is 62.8. The largest absolute Gasteiger partial charge is 0.488 e. The molecular formula is C89H81F8N21O12. The number of ether oxygens (including phenoxy) is 8. The SMILES string of the molecule is C=CC(=O)Nc1ccc(Nc2nc(Nc3ccc(OCCOC)c(F)c3)ncc2F)cc1.C=CC(=O)Nc1cccc(Nc2nc(Nc3ccc(OCCOC)c(F)c3)ncc2C#N)c1.C=CC(=O)Nc1cccc(Nc2nc(Nc3ccc(OCCOC)c(F)c3)ncc2C(F)(F)F)c1.C=CC(=O)Nc1cccc(Nc2nc(Nc3ccc4c(c3)OCCO4)ncc2F)c1. The molecule has 0 saturated heterocycles. The predicted octanol–water partition coefficient (Wildman–Crippen LogP) is 17.8. The van der Waals surface area contributed by atoms with E-state index in [-0.39, 0.29) is 120 Å². The van der Waals surface area contributed by atoms with Gasteiger partial charge in [0.25, 0.3) is 0 Å². The minimum Gasteiger partial charge on any atom is -0.488 e. The van der Waals surface area contributed by atoms with Crippen LogP contribution in [0.5, 0.6) is 28.7 Å². The fourth-order valence-electron chi connectivity index (χ4n) is 10.8. The molecule has 4 amide bonds. The third-order valence-electron chi connectivity index (χ3n) is 16.8. The molecular weight excluding hydrogens is 1710 g/mol. The van der Waals surface area contributed by atoms with Crippen molar-refractivity contribution in [2.75, 3.05) is 138 Å². The molecule has 0 unspecified atom stereocenters. The summed E-state index contributed by atoms with van der Waals surface area (Å²) in [4.78, 5) is 78.0. The summed E-state index contributed by atoms with van der Waals surface area (Å²) in [5.41, 5.74) is 4.58. The first-order valence-corrected chi connectivity index (χ1v) is 38.5. The predicted molar refractivity (Wildman–Crippen MR) is 474 cm³/mol. The van der Waals surface area contributed by atoms with E-state index in [9.17, 15) is 59.6 Å². The second kappa shape index (κ2) is 47.8. The van der Waals surface area contributed by atoms with Gasteiger partial charge >= 0.3 is 6.18 Å². The molecule has 0 aliphatic carbocycles. The maximum Gasteiger partial charge on any atom is 0.421 e. The first kappa shape index (κ1) is 95.4. The number of halogens is 8. The quantitative estimate of drug-likeness (QED) is 0.00985. The number of rotatable bonds is 36. The van der Waals surface area contributed by atoms with E-state index in [1.54, 1.807) is 109 Å². The number of amides is 4. The Morgan fingerprint density at radius 1 is 0.369 bits per heavy atom. The summed E-state index contributed by atoms with van der Waals surface area (Å²) in [6.45, 7) is 16.1. The Hall–Kier alpha value is -16.9. The minimum atomic E-state index is -4.75. The van der Waals surface area contributed by atoms with Crippen LogP contribution in [-0.2, 0) is 39.6 Å². The van der Waals surface area contributed by atoms with Crippen LogP contribution in [0.25, 0.3) is 0 Å². The molecule has 130 heavy (non-hydrogen) atoms. The monoisotopic (exact) mass is 1790 g/mol. The van der Waals surface area contributed by atoms with Gasteiger partial charge in [-0.05, 0) is 152 Å². The number of anilines is 20. The Morgan fingerprint density at radius 2 is 0.685 bits per heavy atom. The normalized spacial score (nSPS) is 10.8. The summed E-state index contributed by atoms with van der Waals surface area (Å²) in [5, 5.41) is 42.6. The second-order valence-electron chi connectivity index (χ2n) is 26.2. The number of nitrogens with zero attached hydrogens (tertiary/aromatic N) is 9. The van der Waals surface area contributed by atoms with E-state index in [4.69, 9.17) is 37.9 Å². The number of methoxy groups -OCH3 is 3. The highest BCUT2D eigenvalue weighted by Gasteiger charge is 2.36. The molecule has 13 rings (SSSR count). The third kappa shape index (κ3) is 29.7. The molecule has 0 bridgehead atoms. The molecule has 670 valence electrons. The smallest absolute Gasteiger partial charge is 0.421 e. The van der Waals surface area contributed by atoms with E-state index in [0.29, 0.717) is 101 Å². The highest BCUT2D eigenvalue weighted by atomic mass is 19.4. The molecule has 41 heteroatoms. The van der Waals surface area contributed by atoms with Crippen LogP contribution in [0.15, 0.2) is 245 Å². The molecule has 0 saturated carbocycles.